The maximum absolute atomic E-state index is 8.68. The lowest BCUT2D eigenvalue weighted by Gasteiger charge is -2.07. The molecule has 1 aromatic carbocycles. The van der Waals surface area contributed by atoms with Gasteiger partial charge in [0.05, 0.1) is 6.07 Å². The summed E-state index contributed by atoms with van der Waals surface area (Å²) < 4.78 is 0.795. The van der Waals surface area contributed by atoms with Crippen LogP contribution in [0.2, 0.25) is 10.0 Å². The predicted octanol–water partition coefficient (Wildman–Crippen LogP) is 4.72. The van der Waals surface area contributed by atoms with Gasteiger partial charge in [0.2, 0.25) is 0 Å². The minimum Gasteiger partial charge on any atom is -0.197 e. The standard InChI is InChI=1S/C8H3Br2Cl2N/c9-4-1-6(11)8(5(10)3-13)7(12)2-4/h1-2,5H. The van der Waals surface area contributed by atoms with Crippen LogP contribution in [0.5, 0.6) is 0 Å². The maximum atomic E-state index is 8.68. The lowest BCUT2D eigenvalue weighted by molar-refractivity contribution is 1.25. The van der Waals surface area contributed by atoms with Crippen molar-refractivity contribution in [1.29, 1.82) is 5.26 Å². The summed E-state index contributed by atoms with van der Waals surface area (Å²) in [7, 11) is 0. The molecule has 68 valence electrons. The summed E-state index contributed by atoms with van der Waals surface area (Å²) in [6, 6.07) is 5.42. The van der Waals surface area contributed by atoms with E-state index in [4.69, 9.17) is 28.5 Å². The van der Waals surface area contributed by atoms with Crippen molar-refractivity contribution >= 4 is 55.1 Å². The van der Waals surface area contributed by atoms with Crippen molar-refractivity contribution in [3.63, 3.8) is 0 Å². The molecule has 0 saturated carbocycles. The van der Waals surface area contributed by atoms with E-state index in [1.165, 1.54) is 0 Å². The van der Waals surface area contributed by atoms with E-state index in [9.17, 15) is 0 Å². The normalized spacial score (nSPS) is 12.2. The van der Waals surface area contributed by atoms with E-state index in [0.717, 1.165) is 4.47 Å². The number of nitrogens with zero attached hydrogens (tertiary/aromatic N) is 1. The minimum absolute atomic E-state index is 0.472. The first-order chi connectivity index (χ1) is 6.06. The van der Waals surface area contributed by atoms with Crippen LogP contribution >= 0.6 is 55.1 Å². The molecular formula is C8H3Br2Cl2N. The number of hydrogen-bond donors (Lipinski definition) is 0. The Hall–Kier alpha value is 0.250. The number of rotatable bonds is 1. The van der Waals surface area contributed by atoms with Crippen molar-refractivity contribution in [3.05, 3.63) is 32.2 Å². The zero-order chi connectivity index (χ0) is 10.0. The molecule has 0 N–H and O–H groups in total. The predicted molar refractivity (Wildman–Crippen MR) is 61.4 cm³/mol. The summed E-state index contributed by atoms with van der Waals surface area (Å²) in [5, 5.41) is 9.63. The number of alkyl halides is 1. The molecule has 1 nitrogen and oxygen atoms in total. The fourth-order valence-electron chi connectivity index (χ4n) is 0.860. The molecule has 0 spiro atoms. The zero-order valence-electron chi connectivity index (χ0n) is 6.19. The Balaban J connectivity index is 3.30. The Labute approximate surface area is 103 Å². The van der Waals surface area contributed by atoms with Crippen LogP contribution in [0.15, 0.2) is 16.6 Å². The van der Waals surface area contributed by atoms with Gasteiger partial charge in [-0.05, 0) is 12.1 Å². The van der Waals surface area contributed by atoms with Crippen LogP contribution in [0, 0.1) is 11.3 Å². The molecule has 5 heteroatoms. The summed E-state index contributed by atoms with van der Waals surface area (Å²) in [5.74, 6) is 0. The first-order valence-electron chi connectivity index (χ1n) is 3.24. The number of halogens is 4. The van der Waals surface area contributed by atoms with Gasteiger partial charge in [-0.3, -0.25) is 0 Å². The van der Waals surface area contributed by atoms with Crippen LogP contribution in [-0.2, 0) is 0 Å². The highest BCUT2D eigenvalue weighted by Gasteiger charge is 2.15. The molecule has 1 atom stereocenters. The molecule has 1 aromatic rings. The number of nitriles is 1. The molecule has 0 bridgehead atoms. The highest BCUT2D eigenvalue weighted by atomic mass is 79.9. The van der Waals surface area contributed by atoms with Gasteiger partial charge in [0.25, 0.3) is 0 Å². The molecule has 13 heavy (non-hydrogen) atoms. The van der Waals surface area contributed by atoms with Crippen molar-refractivity contribution in [2.45, 2.75) is 4.83 Å². The van der Waals surface area contributed by atoms with Crippen molar-refractivity contribution in [2.24, 2.45) is 0 Å². The lowest BCUT2D eigenvalue weighted by atomic mass is 10.2. The first kappa shape index (κ1) is 11.3. The Kier molecular flexibility index (Phi) is 4.06. The molecule has 0 amide bonds. The quantitative estimate of drug-likeness (QED) is 0.677. The second-order valence-corrected chi connectivity index (χ2v) is 4.92. The van der Waals surface area contributed by atoms with Gasteiger partial charge in [0.1, 0.15) is 4.83 Å². The van der Waals surface area contributed by atoms with E-state index in [-0.39, 0.29) is 0 Å². The highest BCUT2D eigenvalue weighted by molar-refractivity contribution is 9.10. The molecule has 1 rings (SSSR count). The van der Waals surface area contributed by atoms with Crippen LogP contribution in [-0.4, -0.2) is 0 Å². The minimum atomic E-state index is -0.472. The van der Waals surface area contributed by atoms with E-state index in [2.05, 4.69) is 31.9 Å². The second-order valence-electron chi connectivity index (χ2n) is 2.27. The summed E-state index contributed by atoms with van der Waals surface area (Å²) >= 11 is 18.2. The summed E-state index contributed by atoms with van der Waals surface area (Å²) in [4.78, 5) is -0.472. The summed E-state index contributed by atoms with van der Waals surface area (Å²) in [6.45, 7) is 0. The Bertz CT molecular complexity index is 350. The molecule has 0 aliphatic carbocycles. The first-order valence-corrected chi connectivity index (χ1v) is 5.71. The Morgan fingerprint density at radius 1 is 1.31 bits per heavy atom. The van der Waals surface area contributed by atoms with Gasteiger partial charge in [-0.15, -0.1) is 0 Å². The molecule has 0 saturated heterocycles. The molecule has 0 fully saturated rings. The fourth-order valence-corrected chi connectivity index (χ4v) is 3.04. The topological polar surface area (TPSA) is 23.8 Å². The Morgan fingerprint density at radius 2 is 1.77 bits per heavy atom. The van der Waals surface area contributed by atoms with Gasteiger partial charge >= 0.3 is 0 Å². The summed E-state index contributed by atoms with van der Waals surface area (Å²) in [6.07, 6.45) is 0. The van der Waals surface area contributed by atoms with Gasteiger partial charge in [-0.25, -0.2) is 0 Å². The van der Waals surface area contributed by atoms with Crippen molar-refractivity contribution in [1.82, 2.24) is 0 Å². The molecule has 0 aliphatic rings. The van der Waals surface area contributed by atoms with Crippen LogP contribution in [0.3, 0.4) is 0 Å². The molecule has 0 aliphatic heterocycles. The van der Waals surface area contributed by atoms with Gasteiger partial charge in [-0.2, -0.15) is 5.26 Å². The number of hydrogen-bond acceptors (Lipinski definition) is 1. The van der Waals surface area contributed by atoms with Crippen LogP contribution in [0.25, 0.3) is 0 Å². The average Bonchev–Trinajstić information content (AvgIpc) is 2.02. The average molecular weight is 344 g/mol. The molecule has 0 heterocycles. The summed E-state index contributed by atoms with van der Waals surface area (Å²) in [5.41, 5.74) is 0.606. The smallest absolute Gasteiger partial charge is 0.129 e. The zero-order valence-corrected chi connectivity index (χ0v) is 10.9. The van der Waals surface area contributed by atoms with Crippen molar-refractivity contribution < 1.29 is 0 Å². The lowest BCUT2D eigenvalue weighted by Crippen LogP contribution is -1.89. The van der Waals surface area contributed by atoms with E-state index >= 15 is 0 Å². The van der Waals surface area contributed by atoms with Crippen LogP contribution in [0.4, 0.5) is 0 Å². The SMILES string of the molecule is N#CC(Br)c1c(Cl)cc(Br)cc1Cl. The third kappa shape index (κ3) is 2.60. The molecular weight excluding hydrogens is 341 g/mol. The van der Waals surface area contributed by atoms with E-state index in [1.54, 1.807) is 12.1 Å². The maximum Gasteiger partial charge on any atom is 0.129 e. The van der Waals surface area contributed by atoms with Crippen LogP contribution in [0.1, 0.15) is 10.4 Å². The monoisotopic (exact) mass is 341 g/mol. The second kappa shape index (κ2) is 4.65. The van der Waals surface area contributed by atoms with Crippen molar-refractivity contribution in [3.8, 4) is 6.07 Å². The molecule has 0 radical (unpaired) electrons. The van der Waals surface area contributed by atoms with Crippen molar-refractivity contribution in [2.75, 3.05) is 0 Å². The molecule has 0 aromatic heterocycles. The van der Waals surface area contributed by atoms with Gasteiger partial charge in [0, 0.05) is 20.1 Å². The van der Waals surface area contributed by atoms with Gasteiger partial charge in [-0.1, -0.05) is 55.1 Å². The largest absolute Gasteiger partial charge is 0.197 e. The van der Waals surface area contributed by atoms with Crippen LogP contribution < -0.4 is 0 Å². The number of benzene rings is 1. The van der Waals surface area contributed by atoms with Gasteiger partial charge in [0.15, 0.2) is 0 Å². The van der Waals surface area contributed by atoms with E-state index in [0.29, 0.717) is 15.6 Å². The fraction of sp³-hybridized carbons (Fsp3) is 0.125. The molecule has 1 unspecified atom stereocenters. The van der Waals surface area contributed by atoms with E-state index < -0.39 is 4.83 Å². The Morgan fingerprint density at radius 3 is 2.15 bits per heavy atom. The highest BCUT2D eigenvalue weighted by Crippen LogP contribution is 2.36. The third-order valence-electron chi connectivity index (χ3n) is 1.41. The van der Waals surface area contributed by atoms with Gasteiger partial charge < -0.3 is 0 Å². The van der Waals surface area contributed by atoms with E-state index in [1.807, 2.05) is 6.07 Å². The third-order valence-corrected chi connectivity index (χ3v) is 3.16.